The summed E-state index contributed by atoms with van der Waals surface area (Å²) in [6, 6.07) is 8.49. The van der Waals surface area contributed by atoms with Crippen LogP contribution < -0.4 is 4.74 Å². The van der Waals surface area contributed by atoms with Gasteiger partial charge in [-0.1, -0.05) is 0 Å². The molecule has 1 radical (unpaired) electrons. The van der Waals surface area contributed by atoms with Gasteiger partial charge in [0.05, 0.1) is 6.61 Å². The van der Waals surface area contributed by atoms with Crippen molar-refractivity contribution in [1.82, 2.24) is 0 Å². The average Bonchev–Trinajstić information content (AvgIpc) is 2.06. The first-order valence-corrected chi connectivity index (χ1v) is 4.09. The number of hydrogen-bond donors (Lipinski definition) is 0. The van der Waals surface area contributed by atoms with Crippen LogP contribution in [-0.4, -0.2) is 6.61 Å². The van der Waals surface area contributed by atoms with E-state index in [9.17, 15) is 0 Å². The van der Waals surface area contributed by atoms with E-state index in [4.69, 9.17) is 16.3 Å². The van der Waals surface area contributed by atoms with Gasteiger partial charge in [-0.15, -0.1) is 23.2 Å². The van der Waals surface area contributed by atoms with Crippen LogP contribution in [0.5, 0.6) is 5.75 Å². The fraction of sp³-hybridized carbons (Fsp3) is 0.333. The molecule has 0 saturated carbocycles. The van der Waals surface area contributed by atoms with Crippen LogP contribution in [0.4, 0.5) is 0 Å². The van der Waals surface area contributed by atoms with Crippen molar-refractivity contribution in [2.24, 2.45) is 0 Å². The average molecular weight is 259 g/mol. The number of benzene rings is 1. The van der Waals surface area contributed by atoms with Gasteiger partial charge in [-0.25, -0.2) is 0 Å². The number of hydrogen-bond acceptors (Lipinski definition) is 1. The Hall–Kier alpha value is 0.414. The molecule has 1 nitrogen and oxygen atoms in total. The van der Waals surface area contributed by atoms with Gasteiger partial charge in [0, 0.05) is 44.3 Å². The summed E-state index contributed by atoms with van der Waals surface area (Å²) < 4.78 is 5.32. The van der Waals surface area contributed by atoms with Gasteiger partial charge in [-0.3, -0.25) is 0 Å². The first-order valence-electron chi connectivity index (χ1n) is 3.56. The Bertz CT molecular complexity index is 228. The van der Waals surface area contributed by atoms with Crippen molar-refractivity contribution in [3.8, 4) is 5.75 Å². The van der Waals surface area contributed by atoms with Gasteiger partial charge in [-0.2, -0.15) is 18.2 Å². The van der Waals surface area contributed by atoms with Crippen LogP contribution in [0.25, 0.3) is 0 Å². The molecule has 1 aromatic rings. The molecule has 0 aliphatic rings. The Labute approximate surface area is 103 Å². The zero-order valence-corrected chi connectivity index (χ0v) is 10.6. The maximum Gasteiger partial charge on any atom is 0.0822 e. The van der Waals surface area contributed by atoms with E-state index in [-0.39, 0.29) is 32.7 Å². The summed E-state index contributed by atoms with van der Waals surface area (Å²) in [4.78, 5) is 0. The predicted octanol–water partition coefficient (Wildman–Crippen LogP) is 2.62. The van der Waals surface area contributed by atoms with Crippen molar-refractivity contribution in [3.05, 3.63) is 29.8 Å². The van der Waals surface area contributed by atoms with Gasteiger partial charge >= 0.3 is 0 Å². The van der Waals surface area contributed by atoms with Gasteiger partial charge in [-0.05, 0) is 6.92 Å². The predicted molar refractivity (Wildman–Crippen MR) is 46.0 cm³/mol. The Balaban J connectivity index is 0.00000121. The van der Waals surface area contributed by atoms with E-state index in [1.807, 2.05) is 25.1 Å². The molecule has 0 heterocycles. The number of alkyl halides is 1. The normalized spacial score (nSPS) is 8.83. The molecular weight excluding hydrogens is 248 g/mol. The van der Waals surface area contributed by atoms with Gasteiger partial charge in [0.2, 0.25) is 0 Å². The Morgan fingerprint density at radius 3 is 2.92 bits per heavy atom. The smallest absolute Gasteiger partial charge is 0.0822 e. The molecule has 12 heavy (non-hydrogen) atoms. The van der Waals surface area contributed by atoms with Crippen LogP contribution in [0, 0.1) is 6.07 Å². The molecule has 0 unspecified atom stereocenters. The van der Waals surface area contributed by atoms with Gasteiger partial charge in [0.1, 0.15) is 0 Å². The molecule has 0 aliphatic carbocycles. The fourth-order valence-corrected chi connectivity index (χ4v) is 1.06. The first-order chi connectivity index (χ1) is 5.38. The van der Waals surface area contributed by atoms with Crippen molar-refractivity contribution >= 4 is 11.6 Å². The molecule has 3 heteroatoms. The van der Waals surface area contributed by atoms with Gasteiger partial charge in [0.15, 0.2) is 0 Å². The zero-order valence-electron chi connectivity index (χ0n) is 7.01. The zero-order chi connectivity index (χ0) is 8.10. The molecule has 0 amide bonds. The van der Waals surface area contributed by atoms with E-state index in [0.717, 1.165) is 11.3 Å². The minimum absolute atomic E-state index is 0. The third kappa shape index (κ3) is 3.43. The second-order valence-electron chi connectivity index (χ2n) is 2.10. The number of halogens is 1. The Kier molecular flexibility index (Phi) is 7.12. The number of rotatable bonds is 3. The Morgan fingerprint density at radius 2 is 2.33 bits per heavy atom. The van der Waals surface area contributed by atoms with Crippen LogP contribution in [0.15, 0.2) is 18.2 Å². The summed E-state index contributed by atoms with van der Waals surface area (Å²) in [5, 5.41) is 0. The third-order valence-corrected chi connectivity index (χ3v) is 1.64. The van der Waals surface area contributed by atoms with Crippen molar-refractivity contribution in [3.63, 3.8) is 0 Å². The fourth-order valence-electron chi connectivity index (χ4n) is 0.851. The van der Waals surface area contributed by atoms with Crippen LogP contribution >= 0.6 is 11.6 Å². The third-order valence-electron chi connectivity index (χ3n) is 1.35. The van der Waals surface area contributed by atoms with Crippen LogP contribution in [0.1, 0.15) is 12.5 Å². The summed E-state index contributed by atoms with van der Waals surface area (Å²) in [5.41, 5.74) is 0.996. The van der Waals surface area contributed by atoms with Crippen molar-refractivity contribution in [2.75, 3.05) is 6.61 Å². The summed E-state index contributed by atoms with van der Waals surface area (Å²) in [6.45, 7) is 2.63. The van der Waals surface area contributed by atoms with E-state index in [0.29, 0.717) is 12.5 Å². The van der Waals surface area contributed by atoms with E-state index < -0.39 is 0 Å². The van der Waals surface area contributed by atoms with E-state index in [1.54, 1.807) is 0 Å². The van der Waals surface area contributed by atoms with Crippen LogP contribution in [0.2, 0.25) is 0 Å². The monoisotopic (exact) mass is 258 g/mol. The van der Waals surface area contributed by atoms with E-state index in [2.05, 4.69) is 6.07 Å². The SMILES string of the molecule is CCOc1cc[c-]cc1CCl.[Y]. The number of ether oxygens (including phenoxy) is 1. The molecule has 1 rings (SSSR count). The largest absolute Gasteiger partial charge is 0.519 e. The summed E-state index contributed by atoms with van der Waals surface area (Å²) >= 11 is 5.67. The topological polar surface area (TPSA) is 9.23 Å². The quantitative estimate of drug-likeness (QED) is 0.598. The molecule has 0 fully saturated rings. The standard InChI is InChI=1S/C9H10ClO.Y/c1-2-11-9-6-4-3-5-8(9)7-10;/h4-6H,2,7H2,1H3;/q-1;. The maximum atomic E-state index is 5.67. The minimum Gasteiger partial charge on any atom is -0.519 e. The van der Waals surface area contributed by atoms with Crippen molar-refractivity contribution in [2.45, 2.75) is 12.8 Å². The maximum absolute atomic E-state index is 5.67. The van der Waals surface area contributed by atoms with E-state index in [1.165, 1.54) is 0 Å². The van der Waals surface area contributed by atoms with Crippen molar-refractivity contribution in [1.29, 1.82) is 0 Å². The molecule has 0 spiro atoms. The Morgan fingerprint density at radius 1 is 1.58 bits per heavy atom. The summed E-state index contributed by atoms with van der Waals surface area (Å²) in [7, 11) is 0. The van der Waals surface area contributed by atoms with E-state index >= 15 is 0 Å². The molecule has 0 saturated heterocycles. The molecule has 63 valence electrons. The molecule has 0 aliphatic heterocycles. The second-order valence-corrected chi connectivity index (χ2v) is 2.37. The molecule has 0 atom stereocenters. The van der Waals surface area contributed by atoms with Gasteiger partial charge in [0.25, 0.3) is 0 Å². The molecular formula is C9H10ClOY-. The first kappa shape index (κ1) is 12.4. The summed E-state index contributed by atoms with van der Waals surface area (Å²) in [5.74, 6) is 1.34. The van der Waals surface area contributed by atoms with Crippen molar-refractivity contribution < 1.29 is 37.4 Å². The van der Waals surface area contributed by atoms with Crippen LogP contribution in [-0.2, 0) is 38.6 Å². The molecule has 1 aromatic carbocycles. The molecule has 0 aromatic heterocycles. The molecule has 0 bridgehead atoms. The molecule has 0 N–H and O–H groups in total. The summed E-state index contributed by atoms with van der Waals surface area (Å²) in [6.07, 6.45) is 0. The van der Waals surface area contributed by atoms with Crippen LogP contribution in [0.3, 0.4) is 0 Å². The van der Waals surface area contributed by atoms with Gasteiger partial charge < -0.3 is 4.74 Å². The minimum atomic E-state index is 0. The second kappa shape index (κ2) is 6.88.